The van der Waals surface area contributed by atoms with Gasteiger partial charge in [-0.25, -0.2) is 0 Å². The topological polar surface area (TPSA) is 45.7 Å². The molecule has 1 spiro atoms. The number of pyridine rings is 1. The number of morpholine rings is 1. The Labute approximate surface area is 168 Å². The molecule has 150 valence electrons. The zero-order valence-electron chi connectivity index (χ0n) is 16.8. The van der Waals surface area contributed by atoms with Crippen LogP contribution in [-0.2, 0) is 16.1 Å². The van der Waals surface area contributed by atoms with Crippen molar-refractivity contribution in [2.24, 2.45) is 0 Å². The number of rotatable bonds is 7. The molecule has 3 heterocycles. The van der Waals surface area contributed by atoms with Gasteiger partial charge < -0.3 is 14.5 Å². The minimum Gasteiger partial charge on any atom is -0.360 e. The highest BCUT2D eigenvalue weighted by Gasteiger charge is 2.45. The maximum atomic E-state index is 12.6. The van der Waals surface area contributed by atoms with Crippen molar-refractivity contribution >= 4 is 5.91 Å². The molecule has 5 nitrogen and oxygen atoms in total. The van der Waals surface area contributed by atoms with Gasteiger partial charge in [-0.2, -0.15) is 0 Å². The first-order valence-corrected chi connectivity index (χ1v) is 10.1. The van der Waals surface area contributed by atoms with Crippen LogP contribution in [0.25, 0.3) is 0 Å². The second-order valence-electron chi connectivity index (χ2n) is 7.73. The van der Waals surface area contributed by atoms with Crippen molar-refractivity contribution < 1.29 is 9.53 Å². The number of aromatic nitrogens is 1. The van der Waals surface area contributed by atoms with Gasteiger partial charge in [-0.15, -0.1) is 0 Å². The third-order valence-electron chi connectivity index (χ3n) is 5.72. The molecule has 1 atom stereocenters. The van der Waals surface area contributed by atoms with Crippen molar-refractivity contribution in [1.29, 1.82) is 0 Å². The van der Waals surface area contributed by atoms with E-state index in [1.54, 1.807) is 6.20 Å². The van der Waals surface area contributed by atoms with Crippen LogP contribution in [0.5, 0.6) is 0 Å². The predicted molar refractivity (Wildman–Crippen MR) is 112 cm³/mol. The van der Waals surface area contributed by atoms with E-state index in [1.165, 1.54) is 5.57 Å². The zero-order chi connectivity index (χ0) is 20.0. The van der Waals surface area contributed by atoms with Gasteiger partial charge in [0.15, 0.2) is 0 Å². The summed E-state index contributed by atoms with van der Waals surface area (Å²) in [5, 5.41) is 0. The van der Waals surface area contributed by atoms with Crippen LogP contribution in [0.15, 0.2) is 61.4 Å². The van der Waals surface area contributed by atoms with Crippen LogP contribution in [-0.4, -0.2) is 58.6 Å². The average molecular weight is 382 g/mol. The lowest BCUT2D eigenvalue weighted by Crippen LogP contribution is -2.61. The molecule has 28 heavy (non-hydrogen) atoms. The van der Waals surface area contributed by atoms with Crippen molar-refractivity contribution in [2.75, 3.05) is 26.2 Å². The summed E-state index contributed by atoms with van der Waals surface area (Å²) in [5.74, 6) is 0.0592. The van der Waals surface area contributed by atoms with E-state index in [9.17, 15) is 4.79 Å². The minimum atomic E-state index is -0.396. The Morgan fingerprint density at radius 2 is 2.14 bits per heavy atom. The molecule has 0 aromatic carbocycles. The van der Waals surface area contributed by atoms with Gasteiger partial charge in [0.25, 0.3) is 5.91 Å². The van der Waals surface area contributed by atoms with E-state index in [2.05, 4.69) is 23.0 Å². The fourth-order valence-corrected chi connectivity index (χ4v) is 4.12. The largest absolute Gasteiger partial charge is 0.360 e. The van der Waals surface area contributed by atoms with E-state index in [0.717, 1.165) is 44.6 Å². The van der Waals surface area contributed by atoms with Gasteiger partial charge in [0.1, 0.15) is 6.10 Å². The Balaban J connectivity index is 1.58. The van der Waals surface area contributed by atoms with Gasteiger partial charge in [0.05, 0.1) is 24.4 Å². The average Bonchev–Trinajstić information content (AvgIpc) is 2.71. The summed E-state index contributed by atoms with van der Waals surface area (Å²) in [6.45, 7) is 13.7. The van der Waals surface area contributed by atoms with Gasteiger partial charge in [-0.05, 0) is 43.9 Å². The summed E-state index contributed by atoms with van der Waals surface area (Å²) in [7, 11) is 0. The normalized spacial score (nSPS) is 23.0. The summed E-state index contributed by atoms with van der Waals surface area (Å²) >= 11 is 0. The van der Waals surface area contributed by atoms with Crippen molar-refractivity contribution in [1.82, 2.24) is 14.8 Å². The third-order valence-corrected chi connectivity index (χ3v) is 5.72. The van der Waals surface area contributed by atoms with Gasteiger partial charge in [0, 0.05) is 25.8 Å². The molecule has 1 unspecified atom stereocenters. The summed E-state index contributed by atoms with van der Waals surface area (Å²) in [6.07, 6.45) is 9.97. The van der Waals surface area contributed by atoms with E-state index in [0.29, 0.717) is 13.1 Å². The van der Waals surface area contributed by atoms with E-state index >= 15 is 0 Å². The molecule has 5 heteroatoms. The van der Waals surface area contributed by atoms with Gasteiger partial charge >= 0.3 is 0 Å². The summed E-state index contributed by atoms with van der Waals surface area (Å²) in [5.41, 5.74) is 1.89. The second-order valence-corrected chi connectivity index (χ2v) is 7.73. The summed E-state index contributed by atoms with van der Waals surface area (Å²) in [4.78, 5) is 21.4. The van der Waals surface area contributed by atoms with Crippen LogP contribution in [0, 0.1) is 0 Å². The Bertz CT molecular complexity index is 721. The SMILES string of the molecule is C=C/C=C(\C=C)CCN1CCC2(CC1)CN(Cc1ccccn1)C(=O)C(C)O2. The smallest absolute Gasteiger partial charge is 0.251 e. The highest BCUT2D eigenvalue weighted by atomic mass is 16.5. The van der Waals surface area contributed by atoms with E-state index in [1.807, 2.05) is 48.3 Å². The van der Waals surface area contributed by atoms with Crippen molar-refractivity contribution in [3.05, 3.63) is 67.0 Å². The maximum absolute atomic E-state index is 12.6. The summed E-state index contributed by atoms with van der Waals surface area (Å²) in [6, 6.07) is 5.83. The first-order chi connectivity index (χ1) is 13.5. The molecule has 1 amide bonds. The number of carbonyl (C=O) groups is 1. The predicted octanol–water partition coefficient (Wildman–Crippen LogP) is 3.35. The molecule has 2 aliphatic rings. The number of nitrogens with zero attached hydrogens (tertiary/aromatic N) is 3. The molecule has 0 bridgehead atoms. The van der Waals surface area contributed by atoms with Gasteiger partial charge in [-0.1, -0.05) is 37.5 Å². The standard InChI is InChI=1S/C23H31N3O2/c1-4-8-20(5-2)10-14-25-15-11-23(12-16-25)18-26(22(27)19(3)28-23)17-21-9-6-7-13-24-21/h4-9,13,19H,1-2,10-12,14-18H2,3H3/b20-8+. The number of hydrogen-bond acceptors (Lipinski definition) is 4. The lowest BCUT2D eigenvalue weighted by molar-refractivity contribution is -0.190. The minimum absolute atomic E-state index is 0.0592. The second kappa shape index (κ2) is 9.30. The molecule has 2 aliphatic heterocycles. The number of hydrogen-bond donors (Lipinski definition) is 0. The highest BCUT2D eigenvalue weighted by Crippen LogP contribution is 2.33. The van der Waals surface area contributed by atoms with Crippen LogP contribution in [0.3, 0.4) is 0 Å². The molecular formula is C23H31N3O2. The van der Waals surface area contributed by atoms with E-state index in [4.69, 9.17) is 4.74 Å². The van der Waals surface area contributed by atoms with Crippen LogP contribution in [0.4, 0.5) is 0 Å². The first-order valence-electron chi connectivity index (χ1n) is 10.1. The Kier molecular flexibility index (Phi) is 6.81. The molecule has 0 aliphatic carbocycles. The Morgan fingerprint density at radius 3 is 2.79 bits per heavy atom. The van der Waals surface area contributed by atoms with Crippen molar-refractivity contribution in [3.8, 4) is 0 Å². The van der Waals surface area contributed by atoms with Crippen LogP contribution in [0.2, 0.25) is 0 Å². The molecule has 0 radical (unpaired) electrons. The number of piperidine rings is 1. The van der Waals surface area contributed by atoms with Crippen molar-refractivity contribution in [3.63, 3.8) is 0 Å². The zero-order valence-corrected chi connectivity index (χ0v) is 16.8. The number of likely N-dealkylation sites (tertiary alicyclic amines) is 1. The van der Waals surface area contributed by atoms with Gasteiger partial charge in [-0.3, -0.25) is 9.78 Å². The number of ether oxygens (including phenoxy) is 1. The van der Waals surface area contributed by atoms with Crippen LogP contribution >= 0.6 is 0 Å². The number of allylic oxidation sites excluding steroid dienone is 3. The third kappa shape index (κ3) is 4.97. The van der Waals surface area contributed by atoms with E-state index < -0.39 is 6.10 Å². The Morgan fingerprint density at radius 1 is 1.36 bits per heavy atom. The monoisotopic (exact) mass is 381 g/mol. The molecule has 0 saturated carbocycles. The lowest BCUT2D eigenvalue weighted by Gasteiger charge is -2.49. The number of amides is 1. The Hall–Kier alpha value is -2.24. The summed E-state index contributed by atoms with van der Waals surface area (Å²) < 4.78 is 6.25. The fourth-order valence-electron chi connectivity index (χ4n) is 4.12. The molecule has 3 rings (SSSR count). The van der Waals surface area contributed by atoms with Crippen LogP contribution in [0.1, 0.15) is 31.9 Å². The highest BCUT2D eigenvalue weighted by molar-refractivity contribution is 5.81. The molecular weight excluding hydrogens is 350 g/mol. The van der Waals surface area contributed by atoms with E-state index in [-0.39, 0.29) is 11.5 Å². The first kappa shape index (κ1) is 20.5. The van der Waals surface area contributed by atoms with Crippen molar-refractivity contribution in [2.45, 2.75) is 44.4 Å². The molecule has 1 aromatic heterocycles. The lowest BCUT2D eigenvalue weighted by atomic mass is 9.88. The maximum Gasteiger partial charge on any atom is 0.251 e. The van der Waals surface area contributed by atoms with Gasteiger partial charge in [0.2, 0.25) is 0 Å². The quantitative estimate of drug-likeness (QED) is 0.680. The molecule has 0 N–H and O–H groups in total. The number of carbonyl (C=O) groups excluding carboxylic acids is 1. The molecule has 2 fully saturated rings. The fraction of sp³-hybridized carbons (Fsp3) is 0.478. The molecule has 1 aromatic rings. The van der Waals surface area contributed by atoms with Crippen LogP contribution < -0.4 is 0 Å². The molecule has 2 saturated heterocycles.